The number of hydrogen-bond acceptors (Lipinski definition) is 2. The summed E-state index contributed by atoms with van der Waals surface area (Å²) in [6, 6.07) is 2.19. The smallest absolute Gasteiger partial charge is 0.0587 e. The van der Waals surface area contributed by atoms with Crippen molar-refractivity contribution < 1.29 is 0 Å². The summed E-state index contributed by atoms with van der Waals surface area (Å²) in [6.07, 6.45) is 2.22. The molecule has 0 aromatic carbocycles. The van der Waals surface area contributed by atoms with Crippen LogP contribution in [0.3, 0.4) is 0 Å². The van der Waals surface area contributed by atoms with Gasteiger partial charge in [-0.2, -0.15) is 5.26 Å². The Morgan fingerprint density at radius 3 is 1.60 bits per heavy atom. The normalized spacial score (nSPS) is 6.80. The SMILES string of the molecule is CC#N.CCC(N)CC.Cl. The van der Waals surface area contributed by atoms with Gasteiger partial charge in [0.25, 0.3) is 0 Å². The Morgan fingerprint density at radius 2 is 1.60 bits per heavy atom. The molecule has 0 rings (SSSR count). The van der Waals surface area contributed by atoms with Crippen LogP contribution < -0.4 is 5.73 Å². The van der Waals surface area contributed by atoms with E-state index in [9.17, 15) is 0 Å². The molecule has 0 aromatic heterocycles. The highest BCUT2D eigenvalue weighted by Gasteiger charge is 1.88. The van der Waals surface area contributed by atoms with Crippen molar-refractivity contribution in [2.24, 2.45) is 5.73 Å². The zero-order chi connectivity index (χ0) is 7.70. The average molecular weight is 165 g/mol. The van der Waals surface area contributed by atoms with E-state index in [0.29, 0.717) is 6.04 Å². The second kappa shape index (κ2) is 15.9. The lowest BCUT2D eigenvalue weighted by Crippen LogP contribution is -2.16. The van der Waals surface area contributed by atoms with E-state index in [0.717, 1.165) is 12.8 Å². The lowest BCUT2D eigenvalue weighted by Gasteiger charge is -1.99. The van der Waals surface area contributed by atoms with Crippen molar-refractivity contribution in [2.45, 2.75) is 39.7 Å². The van der Waals surface area contributed by atoms with Crippen molar-refractivity contribution in [2.75, 3.05) is 0 Å². The van der Waals surface area contributed by atoms with Crippen LogP contribution in [0.1, 0.15) is 33.6 Å². The van der Waals surface area contributed by atoms with Crippen LogP contribution in [0, 0.1) is 11.3 Å². The van der Waals surface area contributed by atoms with Crippen LogP contribution in [0.4, 0.5) is 0 Å². The maximum absolute atomic E-state index is 7.32. The van der Waals surface area contributed by atoms with Gasteiger partial charge in [0.15, 0.2) is 0 Å². The zero-order valence-corrected chi connectivity index (χ0v) is 7.74. The summed E-state index contributed by atoms with van der Waals surface area (Å²) >= 11 is 0. The van der Waals surface area contributed by atoms with E-state index < -0.39 is 0 Å². The minimum atomic E-state index is 0. The highest BCUT2D eigenvalue weighted by Crippen LogP contribution is 1.88. The topological polar surface area (TPSA) is 49.8 Å². The highest BCUT2D eigenvalue weighted by molar-refractivity contribution is 5.85. The van der Waals surface area contributed by atoms with E-state index in [4.69, 9.17) is 11.0 Å². The molecule has 2 nitrogen and oxygen atoms in total. The first-order chi connectivity index (χ1) is 4.22. The van der Waals surface area contributed by atoms with Gasteiger partial charge >= 0.3 is 0 Å². The molecule has 0 saturated carbocycles. The Labute approximate surface area is 69.8 Å². The minimum absolute atomic E-state index is 0. The number of nitrogens with zero attached hydrogens (tertiary/aromatic N) is 1. The molecule has 2 N–H and O–H groups in total. The molecule has 0 atom stereocenters. The summed E-state index contributed by atoms with van der Waals surface area (Å²) in [5.74, 6) is 0. The molecule has 0 fully saturated rings. The van der Waals surface area contributed by atoms with Crippen molar-refractivity contribution in [3.05, 3.63) is 0 Å². The second-order valence-electron chi connectivity index (χ2n) is 1.80. The highest BCUT2D eigenvalue weighted by atomic mass is 35.5. The lowest BCUT2D eigenvalue weighted by atomic mass is 10.2. The van der Waals surface area contributed by atoms with Gasteiger partial charge in [-0.15, -0.1) is 12.4 Å². The van der Waals surface area contributed by atoms with Crippen LogP contribution in [-0.2, 0) is 0 Å². The molecule has 0 saturated heterocycles. The maximum Gasteiger partial charge on any atom is 0.0587 e. The molecular weight excluding hydrogens is 148 g/mol. The van der Waals surface area contributed by atoms with E-state index in [1.54, 1.807) is 6.07 Å². The predicted molar refractivity (Wildman–Crippen MR) is 47.1 cm³/mol. The molecule has 0 radical (unpaired) electrons. The van der Waals surface area contributed by atoms with Crippen molar-refractivity contribution in [3.8, 4) is 6.07 Å². The van der Waals surface area contributed by atoms with Crippen LogP contribution in [0.25, 0.3) is 0 Å². The fourth-order valence-electron chi connectivity index (χ4n) is 0.289. The third-order valence-electron chi connectivity index (χ3n) is 1.05. The molecular formula is C7H17ClN2. The van der Waals surface area contributed by atoms with Gasteiger partial charge in [0.1, 0.15) is 0 Å². The molecule has 0 aromatic rings. The quantitative estimate of drug-likeness (QED) is 0.680. The molecule has 0 unspecified atom stereocenters. The van der Waals surface area contributed by atoms with Crippen LogP contribution in [0.5, 0.6) is 0 Å². The van der Waals surface area contributed by atoms with Gasteiger partial charge in [0.05, 0.1) is 6.07 Å². The summed E-state index contributed by atoms with van der Waals surface area (Å²) in [4.78, 5) is 0. The third-order valence-corrected chi connectivity index (χ3v) is 1.05. The number of halogens is 1. The number of nitriles is 1. The molecule has 0 aliphatic heterocycles. The lowest BCUT2D eigenvalue weighted by molar-refractivity contribution is 0.629. The van der Waals surface area contributed by atoms with E-state index in [2.05, 4.69) is 13.8 Å². The van der Waals surface area contributed by atoms with Crippen LogP contribution in [0.2, 0.25) is 0 Å². The Bertz CT molecular complexity index is 74.2. The van der Waals surface area contributed by atoms with Gasteiger partial charge in [-0.3, -0.25) is 0 Å². The summed E-state index contributed by atoms with van der Waals surface area (Å²) in [5.41, 5.74) is 5.47. The standard InChI is InChI=1S/C5H13N.C2H3N.ClH/c1-3-5(6)4-2;1-2-3;/h5H,3-4,6H2,1-2H3;1H3;1H. The average Bonchev–Trinajstić information content (AvgIpc) is 1.88. The van der Waals surface area contributed by atoms with E-state index in [1.807, 2.05) is 0 Å². The second-order valence-corrected chi connectivity index (χ2v) is 1.80. The van der Waals surface area contributed by atoms with Gasteiger partial charge < -0.3 is 5.73 Å². The fourth-order valence-corrected chi connectivity index (χ4v) is 0.289. The first kappa shape index (κ1) is 16.4. The fraction of sp³-hybridized carbons (Fsp3) is 0.857. The summed E-state index contributed by atoms with van der Waals surface area (Å²) in [7, 11) is 0. The third kappa shape index (κ3) is 25.1. The Morgan fingerprint density at radius 1 is 1.40 bits per heavy atom. The number of hydrogen-bond donors (Lipinski definition) is 1. The summed E-state index contributed by atoms with van der Waals surface area (Å²) in [5, 5.41) is 7.32. The number of nitrogens with two attached hydrogens (primary N) is 1. The molecule has 0 aliphatic carbocycles. The predicted octanol–water partition coefficient (Wildman–Crippen LogP) is 2.09. The number of rotatable bonds is 2. The van der Waals surface area contributed by atoms with Crippen LogP contribution in [0.15, 0.2) is 0 Å². The Kier molecular flexibility index (Phi) is 26.0. The maximum atomic E-state index is 7.32. The molecule has 0 spiro atoms. The van der Waals surface area contributed by atoms with Crippen molar-refractivity contribution in [1.82, 2.24) is 0 Å². The van der Waals surface area contributed by atoms with Crippen molar-refractivity contribution in [1.29, 1.82) is 5.26 Å². The van der Waals surface area contributed by atoms with Crippen LogP contribution >= 0.6 is 12.4 Å². The molecule has 0 aliphatic rings. The zero-order valence-electron chi connectivity index (χ0n) is 6.92. The molecule has 3 heteroatoms. The van der Waals surface area contributed by atoms with Gasteiger partial charge in [0, 0.05) is 13.0 Å². The van der Waals surface area contributed by atoms with Gasteiger partial charge in [-0.05, 0) is 12.8 Å². The molecule has 10 heavy (non-hydrogen) atoms. The summed E-state index contributed by atoms with van der Waals surface area (Å²) < 4.78 is 0. The van der Waals surface area contributed by atoms with Crippen molar-refractivity contribution >= 4 is 12.4 Å². The monoisotopic (exact) mass is 164 g/mol. The summed E-state index contributed by atoms with van der Waals surface area (Å²) in [6.45, 7) is 5.64. The van der Waals surface area contributed by atoms with E-state index in [-0.39, 0.29) is 12.4 Å². The van der Waals surface area contributed by atoms with Gasteiger partial charge in [-0.1, -0.05) is 13.8 Å². The van der Waals surface area contributed by atoms with Gasteiger partial charge in [-0.25, -0.2) is 0 Å². The first-order valence-electron chi connectivity index (χ1n) is 3.29. The van der Waals surface area contributed by atoms with Crippen LogP contribution in [-0.4, -0.2) is 6.04 Å². The molecule has 62 valence electrons. The molecule has 0 amide bonds. The minimum Gasteiger partial charge on any atom is -0.328 e. The Balaban J connectivity index is -0.000000107. The first-order valence-corrected chi connectivity index (χ1v) is 3.29. The van der Waals surface area contributed by atoms with E-state index >= 15 is 0 Å². The van der Waals surface area contributed by atoms with Crippen molar-refractivity contribution in [3.63, 3.8) is 0 Å². The Hall–Kier alpha value is -0.260. The van der Waals surface area contributed by atoms with Gasteiger partial charge in [0.2, 0.25) is 0 Å². The molecule has 0 heterocycles. The molecule has 0 bridgehead atoms. The van der Waals surface area contributed by atoms with E-state index in [1.165, 1.54) is 6.92 Å². The largest absolute Gasteiger partial charge is 0.328 e.